The van der Waals surface area contributed by atoms with Crippen molar-refractivity contribution in [3.8, 4) is 0 Å². The van der Waals surface area contributed by atoms with Crippen molar-refractivity contribution in [2.45, 2.75) is 6.42 Å². The highest BCUT2D eigenvalue weighted by molar-refractivity contribution is 7.22. The summed E-state index contributed by atoms with van der Waals surface area (Å²) in [7, 11) is 0. The highest BCUT2D eigenvalue weighted by Crippen LogP contribution is 2.31. The number of ether oxygens (including phenoxy) is 1. The first kappa shape index (κ1) is 22.2. The molecular weight excluding hydrogens is 419 g/mol. The van der Waals surface area contributed by atoms with Crippen LogP contribution in [0, 0.1) is 0 Å². The van der Waals surface area contributed by atoms with E-state index in [1.807, 2.05) is 30.3 Å². The summed E-state index contributed by atoms with van der Waals surface area (Å²) in [6.45, 7) is 3.21. The molecule has 1 aliphatic heterocycles. The summed E-state index contributed by atoms with van der Waals surface area (Å²) in [5.41, 5.74) is 9.04. The Labute approximate surface area is 179 Å². The molecule has 28 heavy (non-hydrogen) atoms. The van der Waals surface area contributed by atoms with E-state index < -0.39 is 0 Å². The first-order chi connectivity index (χ1) is 12.7. The maximum absolute atomic E-state index is 12.3. The van der Waals surface area contributed by atoms with Gasteiger partial charge in [0.2, 0.25) is 5.91 Å². The molecule has 0 aliphatic carbocycles. The summed E-state index contributed by atoms with van der Waals surface area (Å²) in [5, 5.41) is 3.97. The Kier molecular flexibility index (Phi) is 7.88. The van der Waals surface area contributed by atoms with Gasteiger partial charge in [0, 0.05) is 24.5 Å². The third-order valence-corrected chi connectivity index (χ3v) is 5.37. The van der Waals surface area contributed by atoms with Gasteiger partial charge >= 0.3 is 0 Å². The summed E-state index contributed by atoms with van der Waals surface area (Å²) in [6.07, 6.45) is 0.319. The minimum absolute atomic E-state index is 0. The van der Waals surface area contributed by atoms with Crippen LogP contribution in [0.5, 0.6) is 0 Å². The Hall–Kier alpha value is -2.06. The standard InChI is InChI=1S/C19H20N4O2S.2ClH/c20-14-3-1-13(2-4-14)11-18(24)21-15-5-6-16-17(12-15)26-19(22-16)23-7-9-25-10-8-23;;/h1-6,12H,7-11,20H2,(H,21,24);2*1H. The summed E-state index contributed by atoms with van der Waals surface area (Å²) in [5.74, 6) is -0.0490. The van der Waals surface area contributed by atoms with Gasteiger partial charge in [0.25, 0.3) is 0 Å². The van der Waals surface area contributed by atoms with E-state index in [9.17, 15) is 4.79 Å². The monoisotopic (exact) mass is 440 g/mol. The number of amides is 1. The zero-order chi connectivity index (χ0) is 17.9. The van der Waals surface area contributed by atoms with Crippen molar-refractivity contribution in [2.24, 2.45) is 0 Å². The fourth-order valence-corrected chi connectivity index (χ4v) is 3.96. The molecule has 4 rings (SSSR count). The summed E-state index contributed by atoms with van der Waals surface area (Å²) >= 11 is 1.64. The van der Waals surface area contributed by atoms with E-state index in [1.165, 1.54) is 0 Å². The lowest BCUT2D eigenvalue weighted by molar-refractivity contribution is -0.115. The summed E-state index contributed by atoms with van der Waals surface area (Å²) < 4.78 is 6.46. The second-order valence-corrected chi connectivity index (χ2v) is 7.25. The number of fused-ring (bicyclic) bond motifs is 1. The Balaban J connectivity index is 0.00000140. The molecule has 2 aromatic carbocycles. The van der Waals surface area contributed by atoms with Crippen LogP contribution < -0.4 is 16.0 Å². The molecule has 0 radical (unpaired) electrons. The highest BCUT2D eigenvalue weighted by atomic mass is 35.5. The van der Waals surface area contributed by atoms with Crippen LogP contribution in [0.1, 0.15) is 5.56 Å². The Morgan fingerprint density at radius 3 is 2.57 bits per heavy atom. The molecule has 9 heteroatoms. The fourth-order valence-electron chi connectivity index (χ4n) is 2.91. The number of aromatic nitrogens is 1. The molecule has 150 valence electrons. The van der Waals surface area contributed by atoms with Crippen LogP contribution in [0.3, 0.4) is 0 Å². The minimum Gasteiger partial charge on any atom is -0.399 e. The third kappa shape index (κ3) is 5.26. The van der Waals surface area contributed by atoms with Crippen molar-refractivity contribution >= 4 is 68.8 Å². The van der Waals surface area contributed by atoms with E-state index >= 15 is 0 Å². The number of anilines is 3. The lowest BCUT2D eigenvalue weighted by Crippen LogP contribution is -2.36. The van der Waals surface area contributed by atoms with Crippen molar-refractivity contribution in [3.63, 3.8) is 0 Å². The molecular formula is C19H22Cl2N4O2S. The largest absolute Gasteiger partial charge is 0.399 e. The number of carbonyl (C=O) groups is 1. The van der Waals surface area contributed by atoms with Crippen molar-refractivity contribution in [2.75, 3.05) is 42.3 Å². The third-order valence-electron chi connectivity index (χ3n) is 4.29. The van der Waals surface area contributed by atoms with Crippen LogP contribution in [0.25, 0.3) is 10.2 Å². The van der Waals surface area contributed by atoms with Gasteiger partial charge in [-0.05, 0) is 35.9 Å². The molecule has 1 saturated heterocycles. The number of hydrogen-bond acceptors (Lipinski definition) is 6. The van der Waals surface area contributed by atoms with Crippen molar-refractivity contribution in [3.05, 3.63) is 48.0 Å². The number of rotatable bonds is 4. The van der Waals surface area contributed by atoms with Crippen LogP contribution >= 0.6 is 36.2 Å². The molecule has 3 N–H and O–H groups in total. The van der Waals surface area contributed by atoms with Crippen LogP contribution in [0.4, 0.5) is 16.5 Å². The first-order valence-corrected chi connectivity index (χ1v) is 9.36. The fraction of sp³-hybridized carbons (Fsp3) is 0.263. The number of nitrogens with one attached hydrogen (secondary N) is 1. The lowest BCUT2D eigenvalue weighted by atomic mass is 10.1. The van der Waals surface area contributed by atoms with Gasteiger partial charge in [-0.1, -0.05) is 23.5 Å². The number of halogens is 2. The molecule has 1 amide bonds. The zero-order valence-corrected chi connectivity index (χ0v) is 17.5. The van der Waals surface area contributed by atoms with Crippen LogP contribution in [0.2, 0.25) is 0 Å². The highest BCUT2D eigenvalue weighted by Gasteiger charge is 2.15. The van der Waals surface area contributed by atoms with E-state index in [0.29, 0.717) is 12.1 Å². The van der Waals surface area contributed by atoms with E-state index in [1.54, 1.807) is 23.5 Å². The van der Waals surface area contributed by atoms with E-state index in [4.69, 9.17) is 15.5 Å². The molecule has 1 aliphatic rings. The Bertz CT molecular complexity index is 927. The SMILES string of the molecule is Cl.Cl.Nc1ccc(CC(=O)Nc2ccc3nc(N4CCOCC4)sc3c2)cc1. The van der Waals surface area contributed by atoms with Gasteiger partial charge in [0.15, 0.2) is 5.13 Å². The zero-order valence-electron chi connectivity index (χ0n) is 15.1. The van der Waals surface area contributed by atoms with E-state index in [0.717, 1.165) is 52.9 Å². The molecule has 2 heterocycles. The quantitative estimate of drug-likeness (QED) is 0.603. The molecule has 1 fully saturated rings. The number of benzene rings is 2. The molecule has 6 nitrogen and oxygen atoms in total. The Morgan fingerprint density at radius 1 is 1.14 bits per heavy atom. The number of carbonyl (C=O) groups excluding carboxylic acids is 1. The normalized spacial score (nSPS) is 13.5. The average molecular weight is 441 g/mol. The molecule has 0 unspecified atom stereocenters. The van der Waals surface area contributed by atoms with Gasteiger partial charge in [-0.2, -0.15) is 0 Å². The molecule has 0 spiro atoms. The van der Waals surface area contributed by atoms with Crippen molar-refractivity contribution < 1.29 is 9.53 Å². The van der Waals surface area contributed by atoms with Gasteiger partial charge in [0.1, 0.15) is 0 Å². The molecule has 3 aromatic rings. The molecule has 0 atom stereocenters. The first-order valence-electron chi connectivity index (χ1n) is 8.55. The minimum atomic E-state index is -0.0490. The van der Waals surface area contributed by atoms with Crippen LogP contribution in [-0.4, -0.2) is 37.2 Å². The summed E-state index contributed by atoms with van der Waals surface area (Å²) in [4.78, 5) is 19.2. The van der Waals surface area contributed by atoms with Crippen LogP contribution in [-0.2, 0) is 16.0 Å². The summed E-state index contributed by atoms with van der Waals surface area (Å²) in [6, 6.07) is 13.2. The maximum atomic E-state index is 12.3. The number of thiazole rings is 1. The lowest BCUT2D eigenvalue weighted by Gasteiger charge is -2.25. The maximum Gasteiger partial charge on any atom is 0.228 e. The molecule has 0 bridgehead atoms. The van der Waals surface area contributed by atoms with E-state index in [-0.39, 0.29) is 30.7 Å². The van der Waals surface area contributed by atoms with Gasteiger partial charge in [-0.15, -0.1) is 24.8 Å². The number of morpholine rings is 1. The van der Waals surface area contributed by atoms with E-state index in [2.05, 4.69) is 10.2 Å². The smallest absolute Gasteiger partial charge is 0.228 e. The number of nitrogen functional groups attached to an aromatic ring is 1. The molecule has 1 aromatic heterocycles. The average Bonchev–Trinajstić information content (AvgIpc) is 3.08. The molecule has 0 saturated carbocycles. The van der Waals surface area contributed by atoms with Gasteiger partial charge in [-0.25, -0.2) is 4.98 Å². The van der Waals surface area contributed by atoms with Crippen molar-refractivity contribution in [1.82, 2.24) is 4.98 Å². The predicted octanol–water partition coefficient (Wildman–Crippen LogP) is 3.74. The van der Waals surface area contributed by atoms with Gasteiger partial charge < -0.3 is 20.7 Å². The van der Waals surface area contributed by atoms with Gasteiger partial charge in [-0.3, -0.25) is 4.79 Å². The second kappa shape index (κ2) is 9.93. The van der Waals surface area contributed by atoms with Crippen LogP contribution in [0.15, 0.2) is 42.5 Å². The predicted molar refractivity (Wildman–Crippen MR) is 120 cm³/mol. The number of nitrogens with two attached hydrogens (primary N) is 1. The second-order valence-electron chi connectivity index (χ2n) is 6.24. The number of nitrogens with zero attached hydrogens (tertiary/aromatic N) is 2. The van der Waals surface area contributed by atoms with Gasteiger partial charge in [0.05, 0.1) is 29.9 Å². The number of hydrogen-bond donors (Lipinski definition) is 2. The Morgan fingerprint density at radius 2 is 1.86 bits per heavy atom. The van der Waals surface area contributed by atoms with Crippen molar-refractivity contribution in [1.29, 1.82) is 0 Å². The topological polar surface area (TPSA) is 80.5 Å².